The summed E-state index contributed by atoms with van der Waals surface area (Å²) in [5.41, 5.74) is 5.14. The van der Waals surface area contributed by atoms with Crippen LogP contribution in [0.4, 0.5) is 5.69 Å². The van der Waals surface area contributed by atoms with Crippen LogP contribution in [0, 0.1) is 20.8 Å². The number of aryl methyl sites for hydroxylation is 3. The minimum atomic E-state index is -3.07. The number of aliphatic imine (C=N–C) groups is 1. The van der Waals surface area contributed by atoms with Gasteiger partial charge in [0, 0.05) is 10.9 Å². The maximum Gasteiger partial charge on any atom is 0.252 e. The smallest absolute Gasteiger partial charge is 0.252 e. The molecule has 0 bridgehead atoms. The van der Waals surface area contributed by atoms with Crippen molar-refractivity contribution in [3.63, 3.8) is 0 Å². The van der Waals surface area contributed by atoms with Crippen molar-refractivity contribution in [2.45, 2.75) is 38.5 Å². The van der Waals surface area contributed by atoms with Crippen LogP contribution < -0.4 is 4.90 Å². The first kappa shape index (κ1) is 20.2. The Morgan fingerprint density at radius 1 is 1.07 bits per heavy atom. The van der Waals surface area contributed by atoms with E-state index in [0.29, 0.717) is 5.17 Å². The van der Waals surface area contributed by atoms with Crippen molar-refractivity contribution < 1.29 is 13.2 Å². The van der Waals surface area contributed by atoms with Crippen molar-refractivity contribution in [2.75, 3.05) is 16.4 Å². The molecule has 2 saturated heterocycles. The number of carbonyl (C=O) groups excluding carboxylic acids is 1. The molecule has 2 aromatic rings. The summed E-state index contributed by atoms with van der Waals surface area (Å²) in [5, 5.41) is 0.517. The minimum Gasteiger partial charge on any atom is -0.316 e. The predicted octanol–water partition coefficient (Wildman–Crippen LogP) is 3.46. The Kier molecular flexibility index (Phi) is 5.29. The highest BCUT2D eigenvalue weighted by atomic mass is 32.2. The van der Waals surface area contributed by atoms with Gasteiger partial charge in [0.2, 0.25) is 0 Å². The fraction of sp³-hybridized carbons (Fsp3) is 0.364. The normalized spacial score (nSPS) is 24.1. The molecule has 0 unspecified atom stereocenters. The lowest BCUT2D eigenvalue weighted by atomic mass is 10.1. The van der Waals surface area contributed by atoms with Crippen LogP contribution in [-0.4, -0.2) is 42.3 Å². The van der Waals surface area contributed by atoms with Crippen LogP contribution in [0.5, 0.6) is 0 Å². The van der Waals surface area contributed by atoms with E-state index in [1.807, 2.05) is 62.1 Å². The molecule has 2 atom stereocenters. The van der Waals surface area contributed by atoms with Gasteiger partial charge in [-0.2, -0.15) is 4.99 Å². The monoisotopic (exact) mass is 428 g/mol. The molecular formula is C22H24N2O3S2. The van der Waals surface area contributed by atoms with Gasteiger partial charge >= 0.3 is 0 Å². The van der Waals surface area contributed by atoms with E-state index in [1.54, 1.807) is 0 Å². The fourth-order valence-electron chi connectivity index (χ4n) is 4.10. The number of hydrogen-bond acceptors (Lipinski definition) is 4. The molecule has 29 heavy (non-hydrogen) atoms. The Bertz CT molecular complexity index is 1090. The summed E-state index contributed by atoms with van der Waals surface area (Å²) < 4.78 is 24.4. The molecule has 0 N–H and O–H groups in total. The van der Waals surface area contributed by atoms with Crippen molar-refractivity contribution in [3.05, 3.63) is 64.7 Å². The Balaban J connectivity index is 1.67. The van der Waals surface area contributed by atoms with Crippen molar-refractivity contribution in [1.82, 2.24) is 0 Å². The third-order valence-electron chi connectivity index (χ3n) is 5.21. The molecule has 0 aromatic heterocycles. The molecule has 1 amide bonds. The van der Waals surface area contributed by atoms with Crippen molar-refractivity contribution in [2.24, 2.45) is 4.99 Å². The molecule has 2 aliphatic rings. The van der Waals surface area contributed by atoms with E-state index < -0.39 is 9.84 Å². The first-order valence-electron chi connectivity index (χ1n) is 9.62. The zero-order valence-electron chi connectivity index (χ0n) is 16.8. The molecular weight excluding hydrogens is 404 g/mol. The van der Waals surface area contributed by atoms with Crippen LogP contribution in [0.25, 0.3) is 0 Å². The molecule has 4 rings (SSSR count). The Morgan fingerprint density at radius 3 is 2.48 bits per heavy atom. The zero-order valence-corrected chi connectivity index (χ0v) is 18.4. The first-order chi connectivity index (χ1) is 13.7. The number of anilines is 1. The van der Waals surface area contributed by atoms with Crippen LogP contribution in [-0.2, 0) is 21.1 Å². The maximum absolute atomic E-state index is 12.7. The van der Waals surface area contributed by atoms with Gasteiger partial charge in [-0.3, -0.25) is 4.79 Å². The van der Waals surface area contributed by atoms with Crippen LogP contribution in [0.15, 0.2) is 47.5 Å². The highest BCUT2D eigenvalue weighted by Crippen LogP contribution is 2.41. The highest BCUT2D eigenvalue weighted by molar-refractivity contribution is 8.16. The molecule has 2 fully saturated rings. The lowest BCUT2D eigenvalue weighted by molar-refractivity contribution is -0.117. The molecule has 7 heteroatoms. The van der Waals surface area contributed by atoms with Gasteiger partial charge in [-0.25, -0.2) is 8.42 Å². The van der Waals surface area contributed by atoms with E-state index in [0.717, 1.165) is 27.9 Å². The second-order valence-corrected chi connectivity index (χ2v) is 11.3. The molecule has 2 aliphatic heterocycles. The number of rotatable bonds is 3. The summed E-state index contributed by atoms with van der Waals surface area (Å²) in [6.07, 6.45) is 0.236. The van der Waals surface area contributed by atoms with E-state index in [9.17, 15) is 13.2 Å². The average molecular weight is 429 g/mol. The van der Waals surface area contributed by atoms with Gasteiger partial charge in [-0.1, -0.05) is 47.7 Å². The summed E-state index contributed by atoms with van der Waals surface area (Å²) in [7, 11) is -3.07. The second kappa shape index (κ2) is 7.61. The minimum absolute atomic E-state index is 0.0914. The summed E-state index contributed by atoms with van der Waals surface area (Å²) in [5.74, 6) is 0.0209. The fourth-order valence-corrected chi connectivity index (χ4v) is 8.03. The second-order valence-electron chi connectivity index (χ2n) is 7.97. The van der Waals surface area contributed by atoms with E-state index in [2.05, 4.69) is 11.1 Å². The van der Waals surface area contributed by atoms with Crippen molar-refractivity contribution >= 4 is 38.4 Å². The van der Waals surface area contributed by atoms with Gasteiger partial charge < -0.3 is 4.90 Å². The van der Waals surface area contributed by atoms with Crippen LogP contribution in [0.3, 0.4) is 0 Å². The third kappa shape index (κ3) is 4.41. The first-order valence-corrected chi connectivity index (χ1v) is 12.3. The summed E-state index contributed by atoms with van der Waals surface area (Å²) >= 11 is 1.42. The van der Waals surface area contributed by atoms with E-state index >= 15 is 0 Å². The number of carbonyl (C=O) groups is 1. The number of hydrogen-bond donors (Lipinski definition) is 0. The number of benzene rings is 2. The van der Waals surface area contributed by atoms with Gasteiger partial charge in [-0.15, -0.1) is 0 Å². The van der Waals surface area contributed by atoms with Crippen LogP contribution in [0.2, 0.25) is 0 Å². The average Bonchev–Trinajstić information content (AvgIpc) is 3.04. The topological polar surface area (TPSA) is 66.8 Å². The molecule has 0 spiro atoms. The third-order valence-corrected chi connectivity index (χ3v) is 8.42. The Labute approximate surface area is 176 Å². The number of nitrogens with zero attached hydrogens (tertiary/aromatic N) is 2. The summed E-state index contributed by atoms with van der Waals surface area (Å²) in [6, 6.07) is 13.8. The largest absolute Gasteiger partial charge is 0.316 e. The molecule has 0 saturated carbocycles. The molecule has 5 nitrogen and oxygen atoms in total. The SMILES string of the molecule is Cc1cccc(CC(=O)N=C2S[C@H]3CS(=O)(=O)C[C@@H]3N2c2cc(C)cc(C)c2)c1. The van der Waals surface area contributed by atoms with Gasteiger partial charge in [0.05, 0.1) is 24.0 Å². The molecule has 0 radical (unpaired) electrons. The van der Waals surface area contributed by atoms with Gasteiger partial charge in [-0.05, 0) is 49.6 Å². The van der Waals surface area contributed by atoms with Crippen LogP contribution >= 0.6 is 11.8 Å². The molecule has 152 valence electrons. The number of thioether (sulfide) groups is 1. The van der Waals surface area contributed by atoms with E-state index in [1.165, 1.54) is 11.8 Å². The zero-order chi connectivity index (χ0) is 20.8. The maximum atomic E-state index is 12.7. The van der Waals surface area contributed by atoms with Crippen molar-refractivity contribution in [1.29, 1.82) is 0 Å². The lowest BCUT2D eigenvalue weighted by Crippen LogP contribution is -2.37. The van der Waals surface area contributed by atoms with Crippen LogP contribution in [0.1, 0.15) is 22.3 Å². The Hall–Kier alpha value is -2.12. The number of amidine groups is 1. The Morgan fingerprint density at radius 2 is 1.79 bits per heavy atom. The predicted molar refractivity (Wildman–Crippen MR) is 120 cm³/mol. The molecule has 2 heterocycles. The van der Waals surface area contributed by atoms with Gasteiger partial charge in [0.1, 0.15) is 0 Å². The lowest BCUT2D eigenvalue weighted by Gasteiger charge is -2.25. The van der Waals surface area contributed by atoms with E-state index in [-0.39, 0.29) is 35.1 Å². The quantitative estimate of drug-likeness (QED) is 0.749. The molecule has 0 aliphatic carbocycles. The number of sulfone groups is 1. The highest BCUT2D eigenvalue weighted by Gasteiger charge is 2.49. The number of amides is 1. The van der Waals surface area contributed by atoms with E-state index in [4.69, 9.17) is 0 Å². The van der Waals surface area contributed by atoms with Gasteiger partial charge in [0.25, 0.3) is 5.91 Å². The summed E-state index contributed by atoms with van der Waals surface area (Å²) in [4.78, 5) is 19.1. The number of fused-ring (bicyclic) bond motifs is 1. The van der Waals surface area contributed by atoms with Crippen molar-refractivity contribution in [3.8, 4) is 0 Å². The molecule has 2 aromatic carbocycles. The van der Waals surface area contributed by atoms with Gasteiger partial charge in [0.15, 0.2) is 15.0 Å². The summed E-state index contributed by atoms with van der Waals surface area (Å²) in [6.45, 7) is 6.03. The standard InChI is InChI=1S/C22H24N2O3S2/c1-14-5-4-6-17(8-14)11-21(25)23-22-24(18-9-15(2)7-16(3)10-18)19-12-29(26,27)13-20(19)28-22/h4-10,19-20H,11-13H2,1-3H3/t19-,20-/m0/s1.